The van der Waals surface area contributed by atoms with Gasteiger partial charge in [-0.05, 0) is 45.0 Å². The molecule has 0 spiro atoms. The van der Waals surface area contributed by atoms with Crippen LogP contribution in [0.5, 0.6) is 11.5 Å². The van der Waals surface area contributed by atoms with E-state index in [2.05, 4.69) is 0 Å². The van der Waals surface area contributed by atoms with Gasteiger partial charge in [0.25, 0.3) is 0 Å². The Morgan fingerprint density at radius 2 is 1.73 bits per heavy atom. The lowest BCUT2D eigenvalue weighted by Crippen LogP contribution is -2.33. The second-order valence-corrected chi connectivity index (χ2v) is 7.23. The zero-order chi connectivity index (χ0) is 23.5. The van der Waals surface area contributed by atoms with Gasteiger partial charge in [0.05, 0.1) is 12.2 Å². The Kier molecular flexibility index (Phi) is 6.17. The molecule has 0 aliphatic rings. The van der Waals surface area contributed by atoms with Crippen LogP contribution in [0.2, 0.25) is 0 Å². The first kappa shape index (κ1) is 22.1. The van der Waals surface area contributed by atoms with Gasteiger partial charge in [-0.1, -0.05) is 12.1 Å². The quantitative estimate of drug-likeness (QED) is 0.390. The van der Waals surface area contributed by atoms with E-state index in [0.717, 1.165) is 0 Å². The molecule has 1 amide bonds. The molecule has 170 valence electrons. The molecule has 2 heterocycles. The van der Waals surface area contributed by atoms with E-state index < -0.39 is 17.3 Å². The third kappa shape index (κ3) is 4.32. The topological polar surface area (TPSA) is 99.2 Å². The van der Waals surface area contributed by atoms with E-state index in [1.165, 1.54) is 17.0 Å². The van der Waals surface area contributed by atoms with Crippen LogP contribution < -0.4 is 20.7 Å². The summed E-state index contributed by atoms with van der Waals surface area (Å²) in [5, 5.41) is 1.16. The number of fused-ring (bicyclic) bond motifs is 2. The van der Waals surface area contributed by atoms with Gasteiger partial charge in [0, 0.05) is 41.6 Å². The van der Waals surface area contributed by atoms with Gasteiger partial charge in [-0.2, -0.15) is 0 Å². The number of rotatable bonds is 6. The molecule has 2 aromatic carbocycles. The Balaban J connectivity index is 1.82. The van der Waals surface area contributed by atoms with Gasteiger partial charge in [-0.3, -0.25) is 0 Å². The van der Waals surface area contributed by atoms with Gasteiger partial charge in [0.1, 0.15) is 11.3 Å². The minimum Gasteiger partial charge on any atom is -0.490 e. The molecule has 0 aliphatic heterocycles. The second kappa shape index (κ2) is 9.20. The number of hydrogen-bond donors (Lipinski definition) is 0. The predicted octanol–water partition coefficient (Wildman–Crippen LogP) is 4.81. The minimum absolute atomic E-state index is 0.185. The summed E-state index contributed by atoms with van der Waals surface area (Å²) < 4.78 is 21.8. The van der Waals surface area contributed by atoms with Crippen LogP contribution in [0.1, 0.15) is 20.8 Å². The summed E-state index contributed by atoms with van der Waals surface area (Å²) in [6, 6.07) is 12.9. The van der Waals surface area contributed by atoms with Gasteiger partial charge in [-0.25, -0.2) is 14.4 Å². The zero-order valence-electron chi connectivity index (χ0n) is 18.5. The molecule has 0 saturated heterocycles. The molecule has 0 atom stereocenters. The van der Waals surface area contributed by atoms with Crippen molar-refractivity contribution in [2.24, 2.45) is 0 Å². The smallest absolute Gasteiger partial charge is 0.415 e. The van der Waals surface area contributed by atoms with E-state index in [1.54, 1.807) is 36.4 Å². The molecule has 0 bridgehead atoms. The molecular formula is C25H23NO7. The summed E-state index contributed by atoms with van der Waals surface area (Å²) in [5.41, 5.74) is -0.163. The van der Waals surface area contributed by atoms with E-state index in [1.807, 2.05) is 20.8 Å². The van der Waals surface area contributed by atoms with Crippen LogP contribution in [0.3, 0.4) is 0 Å². The van der Waals surface area contributed by atoms with E-state index in [9.17, 15) is 14.4 Å². The van der Waals surface area contributed by atoms with Crippen LogP contribution in [0, 0.1) is 0 Å². The van der Waals surface area contributed by atoms with Crippen LogP contribution in [0.15, 0.2) is 67.0 Å². The highest BCUT2D eigenvalue weighted by atomic mass is 16.6. The van der Waals surface area contributed by atoms with E-state index in [-0.39, 0.29) is 16.9 Å². The van der Waals surface area contributed by atoms with Gasteiger partial charge < -0.3 is 23.2 Å². The number of benzene rings is 2. The molecule has 0 radical (unpaired) electrons. The Labute approximate surface area is 188 Å². The molecule has 0 aliphatic carbocycles. The van der Waals surface area contributed by atoms with Crippen LogP contribution >= 0.6 is 0 Å². The summed E-state index contributed by atoms with van der Waals surface area (Å²) in [4.78, 5) is 38.9. The average molecular weight is 449 g/mol. The van der Waals surface area contributed by atoms with E-state index >= 15 is 0 Å². The molecular weight excluding hydrogens is 426 g/mol. The van der Waals surface area contributed by atoms with Crippen LogP contribution in [0.25, 0.3) is 33.1 Å². The highest BCUT2D eigenvalue weighted by Crippen LogP contribution is 2.32. The van der Waals surface area contributed by atoms with Crippen LogP contribution in [-0.4, -0.2) is 30.7 Å². The van der Waals surface area contributed by atoms with Crippen molar-refractivity contribution < 1.29 is 23.1 Å². The maximum atomic E-state index is 12.9. The van der Waals surface area contributed by atoms with E-state index in [0.29, 0.717) is 47.4 Å². The first-order valence-electron chi connectivity index (χ1n) is 10.7. The number of nitrogens with zero attached hydrogens (tertiary/aromatic N) is 1. The number of ether oxygens (including phenoxy) is 2. The van der Waals surface area contributed by atoms with Crippen molar-refractivity contribution in [3.63, 3.8) is 0 Å². The first-order valence-corrected chi connectivity index (χ1v) is 10.7. The largest absolute Gasteiger partial charge is 0.490 e. The molecule has 0 N–H and O–H groups in total. The Morgan fingerprint density at radius 1 is 0.939 bits per heavy atom. The van der Waals surface area contributed by atoms with Crippen molar-refractivity contribution in [1.29, 1.82) is 0 Å². The number of carbonyl (C=O) groups excluding carboxylic acids is 1. The van der Waals surface area contributed by atoms with Crippen molar-refractivity contribution >= 4 is 28.0 Å². The molecule has 0 saturated carbocycles. The summed E-state index contributed by atoms with van der Waals surface area (Å²) >= 11 is 0. The van der Waals surface area contributed by atoms with Gasteiger partial charge in [-0.15, -0.1) is 0 Å². The van der Waals surface area contributed by atoms with Crippen molar-refractivity contribution in [1.82, 2.24) is 4.90 Å². The molecule has 8 nitrogen and oxygen atoms in total. The predicted molar refractivity (Wildman–Crippen MR) is 124 cm³/mol. The summed E-state index contributed by atoms with van der Waals surface area (Å²) in [6.07, 6.45) is -0.502. The van der Waals surface area contributed by atoms with Gasteiger partial charge in [0.15, 0.2) is 11.3 Å². The van der Waals surface area contributed by atoms with Crippen LogP contribution in [-0.2, 0) is 0 Å². The SMILES string of the molecule is CCOc1cccc2cc(-c3cc(=O)oc4cc(OC(=O)N(CC)CC)ccc34)c(=O)oc12. The molecule has 33 heavy (non-hydrogen) atoms. The van der Waals surface area contributed by atoms with Crippen molar-refractivity contribution in [3.8, 4) is 22.6 Å². The lowest BCUT2D eigenvalue weighted by Gasteiger charge is -2.17. The molecule has 4 aromatic rings. The fraction of sp³-hybridized carbons (Fsp3) is 0.240. The van der Waals surface area contributed by atoms with Crippen molar-refractivity contribution in [2.75, 3.05) is 19.7 Å². The van der Waals surface area contributed by atoms with Gasteiger partial charge >= 0.3 is 17.3 Å². The highest BCUT2D eigenvalue weighted by molar-refractivity contribution is 5.96. The molecule has 0 fully saturated rings. The number of hydrogen-bond acceptors (Lipinski definition) is 7. The number of amides is 1. The molecule has 4 rings (SSSR count). The normalized spacial score (nSPS) is 11.0. The first-order chi connectivity index (χ1) is 15.9. The minimum atomic E-state index is -0.646. The maximum absolute atomic E-state index is 12.9. The monoisotopic (exact) mass is 449 g/mol. The Hall–Kier alpha value is -4.07. The summed E-state index contributed by atoms with van der Waals surface area (Å²) in [7, 11) is 0. The Bertz CT molecular complexity index is 1450. The lowest BCUT2D eigenvalue weighted by molar-refractivity contribution is 0.157. The average Bonchev–Trinajstić information content (AvgIpc) is 2.79. The fourth-order valence-corrected chi connectivity index (χ4v) is 3.65. The second-order valence-electron chi connectivity index (χ2n) is 7.23. The summed E-state index contributed by atoms with van der Waals surface area (Å²) in [5.74, 6) is 0.697. The van der Waals surface area contributed by atoms with Gasteiger partial charge in [0.2, 0.25) is 0 Å². The standard InChI is InChI=1S/C25H23NO7/c1-4-26(5-2)25(29)31-16-10-11-17-18(14-22(27)32-21(17)13-16)19-12-15-8-7-9-20(30-6-3)23(15)33-24(19)28/h7-14H,4-6H2,1-3H3. The molecule has 8 heteroatoms. The maximum Gasteiger partial charge on any atom is 0.415 e. The van der Waals surface area contributed by atoms with Crippen molar-refractivity contribution in [3.05, 3.63) is 69.4 Å². The third-order valence-electron chi connectivity index (χ3n) is 5.26. The number of carbonyl (C=O) groups is 1. The molecule has 2 aromatic heterocycles. The zero-order valence-corrected chi connectivity index (χ0v) is 18.5. The van der Waals surface area contributed by atoms with Crippen LogP contribution in [0.4, 0.5) is 4.79 Å². The highest BCUT2D eigenvalue weighted by Gasteiger charge is 2.17. The molecule has 0 unspecified atom stereocenters. The number of para-hydroxylation sites is 1. The lowest BCUT2D eigenvalue weighted by atomic mass is 10.0. The van der Waals surface area contributed by atoms with E-state index in [4.69, 9.17) is 18.3 Å². The van der Waals surface area contributed by atoms with Crippen molar-refractivity contribution in [2.45, 2.75) is 20.8 Å². The summed E-state index contributed by atoms with van der Waals surface area (Å²) in [6.45, 7) is 6.98. The Morgan fingerprint density at radius 3 is 2.45 bits per heavy atom. The fourth-order valence-electron chi connectivity index (χ4n) is 3.65. The third-order valence-corrected chi connectivity index (χ3v) is 5.26.